The highest BCUT2D eigenvalue weighted by atomic mass is 79.9. The van der Waals surface area contributed by atoms with Crippen molar-refractivity contribution in [3.63, 3.8) is 0 Å². The van der Waals surface area contributed by atoms with Crippen molar-refractivity contribution >= 4 is 33.5 Å². The highest BCUT2D eigenvalue weighted by Gasteiger charge is 2.27. The van der Waals surface area contributed by atoms with Crippen LogP contribution in [0.5, 0.6) is 0 Å². The van der Waals surface area contributed by atoms with E-state index in [9.17, 15) is 9.90 Å². The predicted molar refractivity (Wildman–Crippen MR) is 75.3 cm³/mol. The summed E-state index contributed by atoms with van der Waals surface area (Å²) in [6.07, 6.45) is 2.58. The summed E-state index contributed by atoms with van der Waals surface area (Å²) in [6, 6.07) is 5.39. The Bertz CT molecular complexity index is 682. The molecule has 0 fully saturated rings. The Hall–Kier alpha value is -1.33. The van der Waals surface area contributed by atoms with Crippen molar-refractivity contribution in [2.24, 2.45) is 0 Å². The van der Waals surface area contributed by atoms with Gasteiger partial charge in [0.2, 0.25) is 0 Å². The maximum Gasteiger partial charge on any atom is 0.356 e. The molecule has 0 bridgehead atoms. The number of nitrogens with zero attached hydrogens (tertiary/aromatic N) is 2. The van der Waals surface area contributed by atoms with E-state index in [2.05, 4.69) is 21.0 Å². The highest BCUT2D eigenvalue weighted by Crippen LogP contribution is 2.31. The first-order valence-electron chi connectivity index (χ1n) is 5.87. The number of aromatic carboxylic acids is 1. The van der Waals surface area contributed by atoms with Gasteiger partial charge >= 0.3 is 5.97 Å². The molecule has 1 aliphatic rings. The van der Waals surface area contributed by atoms with E-state index in [0.717, 1.165) is 40.7 Å². The molecular formula is C13H10BrClN2O2. The summed E-state index contributed by atoms with van der Waals surface area (Å²) in [7, 11) is 0. The number of hydrogen-bond acceptors (Lipinski definition) is 2. The average molecular weight is 342 g/mol. The lowest BCUT2D eigenvalue weighted by Gasteiger charge is -2.08. The third kappa shape index (κ3) is 2.07. The second kappa shape index (κ2) is 4.65. The van der Waals surface area contributed by atoms with Gasteiger partial charge in [-0.2, -0.15) is 5.10 Å². The van der Waals surface area contributed by atoms with Crippen LogP contribution in [0, 0.1) is 0 Å². The van der Waals surface area contributed by atoms with E-state index in [-0.39, 0.29) is 5.69 Å². The van der Waals surface area contributed by atoms with Gasteiger partial charge in [-0.3, -0.25) is 0 Å². The molecule has 0 unspecified atom stereocenters. The summed E-state index contributed by atoms with van der Waals surface area (Å²) >= 11 is 9.46. The Labute approximate surface area is 123 Å². The number of hydrogen-bond donors (Lipinski definition) is 1. The van der Waals surface area contributed by atoms with Crippen molar-refractivity contribution in [1.82, 2.24) is 9.78 Å². The van der Waals surface area contributed by atoms with Crippen LogP contribution in [0.3, 0.4) is 0 Å². The number of carboxylic acids is 1. The van der Waals surface area contributed by atoms with Gasteiger partial charge < -0.3 is 5.11 Å². The summed E-state index contributed by atoms with van der Waals surface area (Å²) in [4.78, 5) is 11.2. The van der Waals surface area contributed by atoms with E-state index in [4.69, 9.17) is 11.6 Å². The molecule has 19 heavy (non-hydrogen) atoms. The summed E-state index contributed by atoms with van der Waals surface area (Å²) in [5, 5.41) is 14.0. The number of fused-ring (bicyclic) bond motifs is 1. The van der Waals surface area contributed by atoms with Crippen molar-refractivity contribution in [2.75, 3.05) is 0 Å². The first-order valence-corrected chi connectivity index (χ1v) is 7.04. The minimum atomic E-state index is -0.977. The zero-order valence-corrected chi connectivity index (χ0v) is 12.2. The van der Waals surface area contributed by atoms with Crippen LogP contribution in [0.1, 0.15) is 28.2 Å². The van der Waals surface area contributed by atoms with Crippen LogP contribution in [0.4, 0.5) is 0 Å². The molecule has 0 spiro atoms. The second-order valence-corrected chi connectivity index (χ2v) is 5.73. The van der Waals surface area contributed by atoms with Crippen LogP contribution in [0.25, 0.3) is 5.69 Å². The topological polar surface area (TPSA) is 55.1 Å². The fourth-order valence-corrected chi connectivity index (χ4v) is 3.04. The molecule has 1 N–H and O–H groups in total. The molecule has 0 saturated heterocycles. The van der Waals surface area contributed by atoms with Crippen LogP contribution in [-0.2, 0) is 12.8 Å². The molecule has 0 saturated carbocycles. The van der Waals surface area contributed by atoms with Crippen molar-refractivity contribution < 1.29 is 9.90 Å². The summed E-state index contributed by atoms with van der Waals surface area (Å²) in [5.41, 5.74) is 2.75. The summed E-state index contributed by atoms with van der Waals surface area (Å²) in [5.74, 6) is -0.977. The Morgan fingerprint density at radius 2 is 2.21 bits per heavy atom. The third-order valence-corrected chi connectivity index (χ3v) is 4.17. The maximum atomic E-state index is 11.2. The van der Waals surface area contributed by atoms with E-state index in [1.165, 1.54) is 0 Å². The first kappa shape index (κ1) is 12.7. The lowest BCUT2D eigenvalue weighted by molar-refractivity contribution is 0.0689. The van der Waals surface area contributed by atoms with Crippen molar-refractivity contribution in [3.05, 3.63) is 44.6 Å². The molecule has 3 rings (SSSR count). The molecule has 1 aromatic carbocycles. The molecule has 0 aliphatic heterocycles. The molecule has 4 nitrogen and oxygen atoms in total. The molecule has 0 atom stereocenters. The second-order valence-electron chi connectivity index (χ2n) is 4.44. The minimum absolute atomic E-state index is 0.152. The Morgan fingerprint density at radius 1 is 1.42 bits per heavy atom. The zero-order chi connectivity index (χ0) is 13.6. The number of rotatable bonds is 2. The third-order valence-electron chi connectivity index (χ3n) is 3.27. The first-order chi connectivity index (χ1) is 9.08. The molecule has 1 aliphatic carbocycles. The monoisotopic (exact) mass is 340 g/mol. The van der Waals surface area contributed by atoms with Gasteiger partial charge in [0, 0.05) is 20.8 Å². The molecular weight excluding hydrogens is 332 g/mol. The van der Waals surface area contributed by atoms with Gasteiger partial charge in [0.1, 0.15) is 0 Å². The van der Waals surface area contributed by atoms with Crippen molar-refractivity contribution in [2.45, 2.75) is 19.3 Å². The molecule has 1 heterocycles. The number of benzene rings is 1. The lowest BCUT2D eigenvalue weighted by Crippen LogP contribution is -2.05. The standard InChI is InChI=1S/C13H10BrClN2O2/c14-9-5-4-7(15)6-11(9)17-10-3-1-2-8(10)12(16-17)13(18)19/h4-6H,1-3H2,(H,18,19). The summed E-state index contributed by atoms with van der Waals surface area (Å²) < 4.78 is 2.54. The normalized spacial score (nSPS) is 13.6. The lowest BCUT2D eigenvalue weighted by atomic mass is 10.2. The average Bonchev–Trinajstić information content (AvgIpc) is 2.93. The zero-order valence-electron chi connectivity index (χ0n) is 9.86. The fourth-order valence-electron chi connectivity index (χ4n) is 2.46. The number of halogens is 2. The van der Waals surface area contributed by atoms with Gasteiger partial charge in [0.25, 0.3) is 0 Å². The Kier molecular flexibility index (Phi) is 3.11. The maximum absolute atomic E-state index is 11.2. The number of aromatic nitrogens is 2. The molecule has 0 radical (unpaired) electrons. The van der Waals surface area contributed by atoms with Crippen molar-refractivity contribution in [3.8, 4) is 5.69 Å². The largest absolute Gasteiger partial charge is 0.476 e. The van der Waals surface area contributed by atoms with E-state index >= 15 is 0 Å². The van der Waals surface area contributed by atoms with Crippen LogP contribution in [-0.4, -0.2) is 20.9 Å². The van der Waals surface area contributed by atoms with E-state index in [1.807, 2.05) is 6.07 Å². The Morgan fingerprint density at radius 3 is 2.95 bits per heavy atom. The molecule has 6 heteroatoms. The molecule has 0 amide bonds. The highest BCUT2D eigenvalue weighted by molar-refractivity contribution is 9.10. The Balaban J connectivity index is 2.23. The molecule has 98 valence electrons. The van der Waals surface area contributed by atoms with Gasteiger partial charge in [0.15, 0.2) is 5.69 Å². The minimum Gasteiger partial charge on any atom is -0.476 e. The fraction of sp³-hybridized carbons (Fsp3) is 0.231. The molecule has 2 aromatic rings. The quantitative estimate of drug-likeness (QED) is 0.910. The summed E-state index contributed by atoms with van der Waals surface area (Å²) in [6.45, 7) is 0. The van der Waals surface area contributed by atoms with Gasteiger partial charge in [-0.05, 0) is 53.4 Å². The van der Waals surface area contributed by atoms with Crippen LogP contribution < -0.4 is 0 Å². The van der Waals surface area contributed by atoms with E-state index in [0.29, 0.717) is 5.02 Å². The van der Waals surface area contributed by atoms with Crippen LogP contribution in [0.2, 0.25) is 5.02 Å². The van der Waals surface area contributed by atoms with Gasteiger partial charge in [0.05, 0.1) is 5.69 Å². The SMILES string of the molecule is O=C(O)c1nn(-c2cc(Cl)ccc2Br)c2c1CCC2. The smallest absolute Gasteiger partial charge is 0.356 e. The van der Waals surface area contributed by atoms with Crippen LogP contribution >= 0.6 is 27.5 Å². The van der Waals surface area contributed by atoms with Crippen LogP contribution in [0.15, 0.2) is 22.7 Å². The molecule has 1 aromatic heterocycles. The van der Waals surface area contributed by atoms with Gasteiger partial charge in [-0.15, -0.1) is 0 Å². The number of carbonyl (C=O) groups is 1. The van der Waals surface area contributed by atoms with Gasteiger partial charge in [-0.25, -0.2) is 9.48 Å². The van der Waals surface area contributed by atoms with E-state index < -0.39 is 5.97 Å². The van der Waals surface area contributed by atoms with E-state index in [1.54, 1.807) is 16.8 Å². The van der Waals surface area contributed by atoms with Gasteiger partial charge in [-0.1, -0.05) is 11.6 Å². The number of carboxylic acid groups (broad SMARTS) is 1. The predicted octanol–water partition coefficient (Wildman–Crippen LogP) is 3.48. The van der Waals surface area contributed by atoms with Crippen molar-refractivity contribution in [1.29, 1.82) is 0 Å².